The second-order valence-corrected chi connectivity index (χ2v) is 7.43. The molecule has 3 atom stereocenters. The monoisotopic (exact) mass is 315 g/mol. The summed E-state index contributed by atoms with van der Waals surface area (Å²) in [7, 11) is 0. The molecule has 0 amide bonds. The summed E-state index contributed by atoms with van der Waals surface area (Å²) in [6.07, 6.45) is 6.55. The molecule has 1 spiro atoms. The highest BCUT2D eigenvalue weighted by atomic mass is 16.7. The predicted octanol–water partition coefficient (Wildman–Crippen LogP) is 3.70. The van der Waals surface area contributed by atoms with Crippen molar-refractivity contribution in [2.45, 2.75) is 57.2 Å². The third-order valence-electron chi connectivity index (χ3n) is 4.56. The van der Waals surface area contributed by atoms with Crippen molar-refractivity contribution in [1.82, 2.24) is 5.48 Å². The highest BCUT2D eigenvalue weighted by Gasteiger charge is 2.51. The lowest BCUT2D eigenvalue weighted by atomic mass is 9.66. The molecule has 1 aromatic rings. The number of hydroxylamine groups is 1. The topological polar surface area (TPSA) is 47.6 Å². The summed E-state index contributed by atoms with van der Waals surface area (Å²) in [5, 5.41) is 0. The van der Waals surface area contributed by atoms with Gasteiger partial charge in [-0.1, -0.05) is 30.3 Å². The maximum atomic E-state index is 12.8. The van der Waals surface area contributed by atoms with Crippen LogP contribution in [0.3, 0.4) is 0 Å². The van der Waals surface area contributed by atoms with Crippen molar-refractivity contribution in [1.29, 1.82) is 0 Å². The van der Waals surface area contributed by atoms with Crippen molar-refractivity contribution < 1.29 is 14.4 Å². The molecule has 23 heavy (non-hydrogen) atoms. The van der Waals surface area contributed by atoms with Gasteiger partial charge in [-0.25, -0.2) is 0 Å². The Morgan fingerprint density at radius 1 is 1.30 bits per heavy atom. The minimum Gasteiger partial charge on any atom is -0.460 e. The van der Waals surface area contributed by atoms with Crippen LogP contribution in [0.4, 0.5) is 0 Å². The smallest absolute Gasteiger partial charge is 0.310 e. The molecule has 2 aliphatic rings. The van der Waals surface area contributed by atoms with Crippen LogP contribution in [0.15, 0.2) is 42.6 Å². The van der Waals surface area contributed by atoms with Gasteiger partial charge in [0.2, 0.25) is 0 Å². The Kier molecular flexibility index (Phi) is 4.19. The van der Waals surface area contributed by atoms with E-state index in [0.29, 0.717) is 0 Å². The first kappa shape index (κ1) is 16.1. The summed E-state index contributed by atoms with van der Waals surface area (Å²) < 4.78 is 5.69. The lowest BCUT2D eigenvalue weighted by Gasteiger charge is -2.43. The molecule has 1 heterocycles. The normalized spacial score (nSPS) is 30.2. The minimum absolute atomic E-state index is 0.0430. The standard InChI is InChI=1S/C19H25NO3/c1-18(2,3)22-17(21)15-10-7-11-19(12-13-20-23-19)16(15)14-8-5-4-6-9-14/h4-6,8-9,12-13,15-16,20H,7,10-11H2,1-3H3. The van der Waals surface area contributed by atoms with Gasteiger partial charge in [0.15, 0.2) is 0 Å². The molecule has 3 rings (SSSR count). The van der Waals surface area contributed by atoms with Crippen LogP contribution in [0.25, 0.3) is 0 Å². The van der Waals surface area contributed by atoms with E-state index >= 15 is 0 Å². The zero-order chi connectivity index (χ0) is 16.5. The van der Waals surface area contributed by atoms with E-state index in [9.17, 15) is 4.79 Å². The Balaban J connectivity index is 1.96. The predicted molar refractivity (Wildman–Crippen MR) is 88.5 cm³/mol. The van der Waals surface area contributed by atoms with Gasteiger partial charge in [-0.2, -0.15) is 0 Å². The number of benzene rings is 1. The molecular weight excluding hydrogens is 290 g/mol. The van der Waals surface area contributed by atoms with Crippen LogP contribution in [-0.2, 0) is 14.4 Å². The second-order valence-electron chi connectivity index (χ2n) is 7.43. The number of ether oxygens (including phenoxy) is 1. The highest BCUT2D eigenvalue weighted by molar-refractivity contribution is 5.75. The summed E-state index contributed by atoms with van der Waals surface area (Å²) in [6.45, 7) is 5.73. The van der Waals surface area contributed by atoms with Crippen molar-refractivity contribution >= 4 is 5.97 Å². The number of hydrogen-bond acceptors (Lipinski definition) is 4. The quantitative estimate of drug-likeness (QED) is 0.845. The number of rotatable bonds is 2. The number of hydrogen-bond donors (Lipinski definition) is 1. The van der Waals surface area contributed by atoms with Crippen LogP contribution in [0.1, 0.15) is 51.5 Å². The molecule has 1 N–H and O–H groups in total. The summed E-state index contributed by atoms with van der Waals surface area (Å²) in [5.74, 6) is -0.372. The lowest BCUT2D eigenvalue weighted by Crippen LogP contribution is -2.47. The van der Waals surface area contributed by atoms with Crippen LogP contribution < -0.4 is 5.48 Å². The van der Waals surface area contributed by atoms with E-state index in [2.05, 4.69) is 23.7 Å². The molecule has 4 heteroatoms. The van der Waals surface area contributed by atoms with E-state index in [1.807, 2.05) is 45.2 Å². The molecule has 1 saturated carbocycles. The van der Waals surface area contributed by atoms with E-state index in [4.69, 9.17) is 9.57 Å². The van der Waals surface area contributed by atoms with E-state index in [1.165, 1.54) is 0 Å². The van der Waals surface area contributed by atoms with Gasteiger partial charge < -0.3 is 4.74 Å². The van der Waals surface area contributed by atoms with Gasteiger partial charge in [0.1, 0.15) is 11.2 Å². The van der Waals surface area contributed by atoms with Gasteiger partial charge in [0, 0.05) is 12.1 Å². The molecule has 3 unspecified atom stereocenters. The first-order chi connectivity index (χ1) is 10.9. The number of nitrogens with one attached hydrogen (secondary N) is 1. The number of carbonyl (C=O) groups excluding carboxylic acids is 1. The molecule has 0 bridgehead atoms. The molecule has 4 nitrogen and oxygen atoms in total. The van der Waals surface area contributed by atoms with Crippen molar-refractivity contribution in [3.05, 3.63) is 48.2 Å². The first-order valence-corrected chi connectivity index (χ1v) is 8.30. The number of carbonyl (C=O) groups is 1. The second kappa shape index (κ2) is 6.00. The Labute approximate surface area is 137 Å². The first-order valence-electron chi connectivity index (χ1n) is 8.30. The SMILES string of the molecule is CC(C)(C)OC(=O)C1CCCC2(C=CNO2)C1c1ccccc1. The van der Waals surface area contributed by atoms with Crippen LogP contribution >= 0.6 is 0 Å². The van der Waals surface area contributed by atoms with Crippen molar-refractivity contribution in [2.24, 2.45) is 5.92 Å². The Hall–Kier alpha value is -1.81. The third-order valence-corrected chi connectivity index (χ3v) is 4.56. The average molecular weight is 315 g/mol. The Morgan fingerprint density at radius 3 is 2.65 bits per heavy atom. The van der Waals surface area contributed by atoms with Crippen LogP contribution in [0.5, 0.6) is 0 Å². The molecule has 0 radical (unpaired) electrons. The molecule has 1 aromatic carbocycles. The molecule has 1 aliphatic carbocycles. The molecule has 0 aromatic heterocycles. The van der Waals surface area contributed by atoms with Gasteiger partial charge in [-0.05, 0) is 51.7 Å². The molecule has 124 valence electrons. The zero-order valence-electron chi connectivity index (χ0n) is 14.0. The van der Waals surface area contributed by atoms with Crippen molar-refractivity contribution in [3.8, 4) is 0 Å². The van der Waals surface area contributed by atoms with E-state index in [0.717, 1.165) is 24.8 Å². The van der Waals surface area contributed by atoms with Gasteiger partial charge in [-0.3, -0.25) is 15.1 Å². The van der Waals surface area contributed by atoms with Crippen LogP contribution in [0.2, 0.25) is 0 Å². The van der Waals surface area contributed by atoms with Gasteiger partial charge in [-0.15, -0.1) is 0 Å². The van der Waals surface area contributed by atoms with E-state index < -0.39 is 11.2 Å². The highest BCUT2D eigenvalue weighted by Crippen LogP contribution is 2.49. The van der Waals surface area contributed by atoms with Crippen LogP contribution in [-0.4, -0.2) is 17.2 Å². The summed E-state index contributed by atoms with van der Waals surface area (Å²) in [5.41, 5.74) is 3.03. The largest absolute Gasteiger partial charge is 0.460 e. The van der Waals surface area contributed by atoms with Gasteiger partial charge in [0.25, 0.3) is 0 Å². The van der Waals surface area contributed by atoms with Gasteiger partial charge in [0.05, 0.1) is 5.92 Å². The van der Waals surface area contributed by atoms with E-state index in [-0.39, 0.29) is 17.8 Å². The molecule has 1 aliphatic heterocycles. The maximum absolute atomic E-state index is 12.8. The molecule has 1 fully saturated rings. The fourth-order valence-electron chi connectivity index (χ4n) is 3.72. The summed E-state index contributed by atoms with van der Waals surface area (Å²) in [6, 6.07) is 10.2. The maximum Gasteiger partial charge on any atom is 0.310 e. The minimum atomic E-state index is -0.479. The van der Waals surface area contributed by atoms with Crippen LogP contribution in [0, 0.1) is 5.92 Å². The molecular formula is C19H25NO3. The lowest BCUT2D eigenvalue weighted by molar-refractivity contribution is -0.168. The number of esters is 1. The van der Waals surface area contributed by atoms with E-state index in [1.54, 1.807) is 0 Å². The third kappa shape index (κ3) is 3.27. The average Bonchev–Trinajstić information content (AvgIpc) is 2.95. The zero-order valence-corrected chi connectivity index (χ0v) is 14.0. The fourth-order valence-corrected chi connectivity index (χ4v) is 3.72. The molecule has 0 saturated heterocycles. The van der Waals surface area contributed by atoms with Crippen molar-refractivity contribution in [3.63, 3.8) is 0 Å². The fraction of sp³-hybridized carbons (Fsp3) is 0.526. The Morgan fingerprint density at radius 2 is 2.04 bits per heavy atom. The Bertz CT molecular complexity index is 590. The summed E-state index contributed by atoms with van der Waals surface area (Å²) >= 11 is 0. The summed E-state index contributed by atoms with van der Waals surface area (Å²) in [4.78, 5) is 18.7. The van der Waals surface area contributed by atoms with Gasteiger partial charge >= 0.3 is 5.97 Å². The van der Waals surface area contributed by atoms with Crippen molar-refractivity contribution in [2.75, 3.05) is 0 Å².